The van der Waals surface area contributed by atoms with Crippen LogP contribution in [-0.4, -0.2) is 41.8 Å². The zero-order valence-corrected chi connectivity index (χ0v) is 12.2. The van der Waals surface area contributed by atoms with Crippen molar-refractivity contribution in [3.63, 3.8) is 0 Å². The Morgan fingerprint density at radius 3 is 2.33 bits per heavy atom. The molecule has 0 aliphatic rings. The zero-order chi connectivity index (χ0) is 16.0. The number of hydrogen-bond acceptors (Lipinski definition) is 5. The number of non-ortho nitro benzene ring substituents is 1. The molecule has 0 heterocycles. The van der Waals surface area contributed by atoms with Crippen LogP contribution in [0.25, 0.3) is 0 Å². The second-order valence-corrected chi connectivity index (χ2v) is 6.38. The highest BCUT2D eigenvalue weighted by Crippen LogP contribution is 2.16. The Morgan fingerprint density at radius 2 is 1.90 bits per heavy atom. The fourth-order valence-electron chi connectivity index (χ4n) is 1.73. The molecule has 0 saturated carbocycles. The monoisotopic (exact) mass is 316 g/mol. The van der Waals surface area contributed by atoms with Gasteiger partial charge in [0.25, 0.3) is 5.69 Å². The summed E-state index contributed by atoms with van der Waals surface area (Å²) in [7, 11) is -3.78. The molecule has 0 spiro atoms. The van der Waals surface area contributed by atoms with Crippen LogP contribution in [0.1, 0.15) is 18.9 Å². The molecule has 0 bridgehead atoms. The van der Waals surface area contributed by atoms with E-state index in [-0.39, 0.29) is 12.2 Å². The first-order valence-corrected chi connectivity index (χ1v) is 7.80. The van der Waals surface area contributed by atoms with Crippen molar-refractivity contribution in [2.75, 3.05) is 13.1 Å². The summed E-state index contributed by atoms with van der Waals surface area (Å²) in [6, 6.07) is 5.12. The summed E-state index contributed by atoms with van der Waals surface area (Å²) in [6.07, 6.45) is 0.493. The number of carbonyl (C=O) groups is 1. The number of benzene rings is 1. The second-order valence-electron chi connectivity index (χ2n) is 4.41. The Labute approximate surface area is 122 Å². The Morgan fingerprint density at radius 1 is 1.33 bits per heavy atom. The minimum Gasteiger partial charge on any atom is -0.480 e. The van der Waals surface area contributed by atoms with Gasteiger partial charge < -0.3 is 5.11 Å². The first-order chi connectivity index (χ1) is 9.76. The van der Waals surface area contributed by atoms with Gasteiger partial charge in [-0.1, -0.05) is 19.1 Å². The van der Waals surface area contributed by atoms with E-state index in [1.807, 2.05) is 0 Å². The maximum Gasteiger partial charge on any atom is 0.318 e. The smallest absolute Gasteiger partial charge is 0.318 e. The van der Waals surface area contributed by atoms with Gasteiger partial charge in [0.1, 0.15) is 6.54 Å². The van der Waals surface area contributed by atoms with E-state index in [1.54, 1.807) is 6.92 Å². The molecule has 9 heteroatoms. The molecule has 1 aromatic carbocycles. The highest BCUT2D eigenvalue weighted by atomic mass is 32.2. The van der Waals surface area contributed by atoms with Crippen molar-refractivity contribution in [1.29, 1.82) is 0 Å². The van der Waals surface area contributed by atoms with Crippen molar-refractivity contribution in [2.24, 2.45) is 0 Å². The van der Waals surface area contributed by atoms with E-state index < -0.39 is 33.2 Å². The Kier molecular flexibility index (Phi) is 5.79. The summed E-state index contributed by atoms with van der Waals surface area (Å²) in [5, 5.41) is 19.3. The predicted octanol–water partition coefficient (Wildman–Crippen LogP) is 1.22. The number of rotatable bonds is 8. The summed E-state index contributed by atoms with van der Waals surface area (Å²) >= 11 is 0. The van der Waals surface area contributed by atoms with Gasteiger partial charge in [-0.3, -0.25) is 14.9 Å². The van der Waals surface area contributed by atoms with Crippen molar-refractivity contribution in [1.82, 2.24) is 4.31 Å². The lowest BCUT2D eigenvalue weighted by Crippen LogP contribution is -2.37. The number of nitrogens with zero attached hydrogens (tertiary/aromatic N) is 2. The molecule has 8 nitrogen and oxygen atoms in total. The second kappa shape index (κ2) is 7.14. The van der Waals surface area contributed by atoms with Crippen LogP contribution in [0.4, 0.5) is 5.69 Å². The van der Waals surface area contributed by atoms with Gasteiger partial charge in [-0.05, 0) is 12.0 Å². The molecule has 1 rings (SSSR count). The molecule has 1 aromatic rings. The number of carboxylic acids is 1. The molecule has 0 atom stereocenters. The van der Waals surface area contributed by atoms with Crippen molar-refractivity contribution in [3.05, 3.63) is 39.9 Å². The van der Waals surface area contributed by atoms with Crippen LogP contribution in [0, 0.1) is 10.1 Å². The van der Waals surface area contributed by atoms with Crippen LogP contribution in [0.2, 0.25) is 0 Å². The van der Waals surface area contributed by atoms with Gasteiger partial charge >= 0.3 is 5.97 Å². The third-order valence-corrected chi connectivity index (χ3v) is 4.47. The largest absolute Gasteiger partial charge is 0.480 e. The molecule has 0 radical (unpaired) electrons. The molecular formula is C12H16N2O6S. The van der Waals surface area contributed by atoms with E-state index in [4.69, 9.17) is 5.11 Å². The molecule has 0 saturated heterocycles. The Hall–Kier alpha value is -2.00. The number of sulfonamides is 1. The average molecular weight is 316 g/mol. The van der Waals surface area contributed by atoms with Crippen molar-refractivity contribution in [2.45, 2.75) is 19.1 Å². The fourth-order valence-corrected chi connectivity index (χ4v) is 3.30. The normalized spacial score (nSPS) is 11.5. The van der Waals surface area contributed by atoms with Crippen molar-refractivity contribution >= 4 is 21.7 Å². The van der Waals surface area contributed by atoms with Crippen molar-refractivity contribution < 1.29 is 23.2 Å². The molecule has 1 N–H and O–H groups in total. The number of aliphatic carboxylic acids is 1. The number of nitro benzene ring substituents is 1. The van der Waals surface area contributed by atoms with Gasteiger partial charge in [-0.2, -0.15) is 4.31 Å². The lowest BCUT2D eigenvalue weighted by atomic mass is 10.2. The Bertz CT molecular complexity index is 611. The average Bonchev–Trinajstić information content (AvgIpc) is 2.38. The topological polar surface area (TPSA) is 118 Å². The summed E-state index contributed by atoms with van der Waals surface area (Å²) in [5.74, 6) is -1.62. The zero-order valence-electron chi connectivity index (χ0n) is 11.4. The van der Waals surface area contributed by atoms with Gasteiger partial charge in [-0.25, -0.2) is 8.42 Å². The van der Waals surface area contributed by atoms with Gasteiger partial charge in [0, 0.05) is 18.7 Å². The van der Waals surface area contributed by atoms with Crippen LogP contribution in [0.3, 0.4) is 0 Å². The summed E-state index contributed by atoms with van der Waals surface area (Å²) in [4.78, 5) is 20.7. The molecular weight excluding hydrogens is 300 g/mol. The lowest BCUT2D eigenvalue weighted by Gasteiger charge is -2.19. The van der Waals surface area contributed by atoms with Crippen LogP contribution in [0.5, 0.6) is 0 Å². The number of hydrogen-bond donors (Lipinski definition) is 1. The van der Waals surface area contributed by atoms with Gasteiger partial charge in [-0.15, -0.1) is 0 Å². The van der Waals surface area contributed by atoms with E-state index in [0.717, 1.165) is 4.31 Å². The standard InChI is InChI=1S/C12H16N2O6S/c1-2-7-13(8-12(15)16)21(19,20)9-10-3-5-11(6-4-10)14(17)18/h3-6H,2,7-9H2,1H3,(H,15,16). The minimum absolute atomic E-state index is 0.113. The van der Waals surface area contributed by atoms with Gasteiger partial charge in [0.2, 0.25) is 10.0 Å². The Balaban J connectivity index is 2.91. The predicted molar refractivity (Wildman–Crippen MR) is 75.2 cm³/mol. The summed E-state index contributed by atoms with van der Waals surface area (Å²) < 4.78 is 25.2. The maximum absolute atomic E-state index is 12.2. The van der Waals surface area contributed by atoms with E-state index >= 15 is 0 Å². The SMILES string of the molecule is CCCN(CC(=O)O)S(=O)(=O)Cc1ccc([N+](=O)[O-])cc1. The highest BCUT2D eigenvalue weighted by Gasteiger charge is 2.24. The van der Waals surface area contributed by atoms with Crippen LogP contribution in [0.15, 0.2) is 24.3 Å². The van der Waals surface area contributed by atoms with E-state index in [1.165, 1.54) is 24.3 Å². The van der Waals surface area contributed by atoms with Crippen LogP contribution >= 0.6 is 0 Å². The van der Waals surface area contributed by atoms with E-state index in [2.05, 4.69) is 0 Å². The molecule has 0 aliphatic carbocycles. The molecule has 0 aromatic heterocycles. The minimum atomic E-state index is -3.78. The maximum atomic E-state index is 12.2. The lowest BCUT2D eigenvalue weighted by molar-refractivity contribution is -0.384. The first-order valence-electron chi connectivity index (χ1n) is 6.19. The molecule has 21 heavy (non-hydrogen) atoms. The third kappa shape index (κ3) is 5.12. The number of carboxylic acid groups (broad SMARTS) is 1. The molecule has 0 aliphatic heterocycles. The van der Waals surface area contributed by atoms with Crippen LogP contribution in [-0.2, 0) is 20.6 Å². The summed E-state index contributed by atoms with van der Waals surface area (Å²) in [6.45, 7) is 1.26. The molecule has 0 fully saturated rings. The van der Waals surface area contributed by atoms with E-state index in [9.17, 15) is 23.3 Å². The fraction of sp³-hybridized carbons (Fsp3) is 0.417. The van der Waals surface area contributed by atoms with Crippen LogP contribution < -0.4 is 0 Å². The molecule has 0 unspecified atom stereocenters. The summed E-state index contributed by atoms with van der Waals surface area (Å²) in [5.41, 5.74) is 0.235. The highest BCUT2D eigenvalue weighted by molar-refractivity contribution is 7.88. The molecule has 0 amide bonds. The third-order valence-electron chi connectivity index (χ3n) is 2.67. The van der Waals surface area contributed by atoms with Crippen molar-refractivity contribution in [3.8, 4) is 0 Å². The van der Waals surface area contributed by atoms with Gasteiger partial charge in [0.05, 0.1) is 10.7 Å². The molecule has 116 valence electrons. The first kappa shape index (κ1) is 17.1. The van der Waals surface area contributed by atoms with E-state index in [0.29, 0.717) is 12.0 Å². The quantitative estimate of drug-likeness (QED) is 0.569. The van der Waals surface area contributed by atoms with Gasteiger partial charge in [0.15, 0.2) is 0 Å². The number of nitro groups is 1.